The van der Waals surface area contributed by atoms with Gasteiger partial charge in [-0.05, 0) is 19.1 Å². The summed E-state index contributed by atoms with van der Waals surface area (Å²) in [6, 6.07) is 7.76. The van der Waals surface area contributed by atoms with Crippen molar-refractivity contribution in [2.75, 3.05) is 25.0 Å². The van der Waals surface area contributed by atoms with E-state index in [1.165, 1.54) is 6.92 Å². The minimum absolute atomic E-state index is 0.0140. The first-order valence-electron chi connectivity index (χ1n) is 5.44. The fourth-order valence-electron chi connectivity index (χ4n) is 1.33. The zero-order valence-corrected chi connectivity index (χ0v) is 9.75. The van der Waals surface area contributed by atoms with Crippen molar-refractivity contribution < 1.29 is 9.53 Å². The van der Waals surface area contributed by atoms with Crippen molar-refractivity contribution in [1.82, 2.24) is 5.32 Å². The number of amides is 1. The van der Waals surface area contributed by atoms with E-state index >= 15 is 0 Å². The molecule has 1 aromatic carbocycles. The molecule has 0 aromatic heterocycles. The van der Waals surface area contributed by atoms with Crippen LogP contribution in [0.4, 0.5) is 5.69 Å². The van der Waals surface area contributed by atoms with Gasteiger partial charge in [0.25, 0.3) is 0 Å². The first kappa shape index (κ1) is 12.4. The van der Waals surface area contributed by atoms with Gasteiger partial charge in [-0.25, -0.2) is 0 Å². The number of nitrogens with one attached hydrogen (secondary N) is 2. The van der Waals surface area contributed by atoms with Crippen LogP contribution < -0.4 is 15.4 Å². The Morgan fingerprint density at radius 3 is 2.75 bits per heavy atom. The maximum Gasteiger partial charge on any atom is 0.216 e. The normalized spacial score (nSPS) is 9.62. The van der Waals surface area contributed by atoms with E-state index in [1.54, 1.807) is 0 Å². The van der Waals surface area contributed by atoms with Crippen LogP contribution in [-0.2, 0) is 4.79 Å². The molecule has 4 heteroatoms. The molecule has 0 bridgehead atoms. The van der Waals surface area contributed by atoms with Crippen LogP contribution >= 0.6 is 0 Å². The number of rotatable bonds is 6. The Kier molecular flexibility index (Phi) is 5.19. The standard InChI is InChI=1S/C12H18N2O2/c1-3-16-12-7-5-4-6-11(12)14-9-8-13-10(2)15/h4-7,14H,3,8-9H2,1-2H3,(H,13,15). The number of hydrogen-bond acceptors (Lipinski definition) is 3. The molecular formula is C12H18N2O2. The summed E-state index contributed by atoms with van der Waals surface area (Å²) in [4.78, 5) is 10.7. The molecule has 1 amide bonds. The molecule has 0 aliphatic heterocycles. The van der Waals surface area contributed by atoms with Crippen molar-refractivity contribution in [3.63, 3.8) is 0 Å². The quantitative estimate of drug-likeness (QED) is 0.719. The SMILES string of the molecule is CCOc1ccccc1NCCNC(C)=O. The van der Waals surface area contributed by atoms with Gasteiger partial charge in [-0.15, -0.1) is 0 Å². The number of carbonyl (C=O) groups excluding carboxylic acids is 1. The van der Waals surface area contributed by atoms with E-state index in [2.05, 4.69) is 10.6 Å². The molecule has 1 rings (SSSR count). The van der Waals surface area contributed by atoms with Gasteiger partial charge >= 0.3 is 0 Å². The van der Waals surface area contributed by atoms with Crippen molar-refractivity contribution in [1.29, 1.82) is 0 Å². The number of benzene rings is 1. The van der Waals surface area contributed by atoms with E-state index in [0.717, 1.165) is 11.4 Å². The second-order valence-electron chi connectivity index (χ2n) is 3.34. The van der Waals surface area contributed by atoms with Crippen LogP contribution in [0.15, 0.2) is 24.3 Å². The maximum absolute atomic E-state index is 10.7. The summed E-state index contributed by atoms with van der Waals surface area (Å²) >= 11 is 0. The van der Waals surface area contributed by atoms with Crippen LogP contribution in [0.3, 0.4) is 0 Å². The Morgan fingerprint density at radius 1 is 1.31 bits per heavy atom. The van der Waals surface area contributed by atoms with E-state index in [0.29, 0.717) is 19.7 Å². The van der Waals surface area contributed by atoms with Crippen LogP contribution in [0.1, 0.15) is 13.8 Å². The van der Waals surface area contributed by atoms with Gasteiger partial charge < -0.3 is 15.4 Å². The van der Waals surface area contributed by atoms with Crippen LogP contribution in [0.25, 0.3) is 0 Å². The predicted molar refractivity (Wildman–Crippen MR) is 64.8 cm³/mol. The Bertz CT molecular complexity index is 340. The van der Waals surface area contributed by atoms with Gasteiger partial charge in [0.1, 0.15) is 5.75 Å². The highest BCUT2D eigenvalue weighted by molar-refractivity contribution is 5.72. The fourth-order valence-corrected chi connectivity index (χ4v) is 1.33. The van der Waals surface area contributed by atoms with Crippen molar-refractivity contribution in [2.45, 2.75) is 13.8 Å². The molecule has 4 nitrogen and oxygen atoms in total. The smallest absolute Gasteiger partial charge is 0.216 e. The molecule has 0 atom stereocenters. The second kappa shape index (κ2) is 6.71. The summed E-state index contributed by atoms with van der Waals surface area (Å²) in [6.45, 7) is 5.39. The molecule has 88 valence electrons. The molecule has 16 heavy (non-hydrogen) atoms. The van der Waals surface area contributed by atoms with E-state index in [1.807, 2.05) is 31.2 Å². The van der Waals surface area contributed by atoms with E-state index in [9.17, 15) is 4.79 Å². The Morgan fingerprint density at radius 2 is 2.06 bits per heavy atom. The minimum atomic E-state index is -0.0140. The molecule has 1 aromatic rings. The zero-order chi connectivity index (χ0) is 11.8. The van der Waals surface area contributed by atoms with Crippen molar-refractivity contribution in [2.24, 2.45) is 0 Å². The van der Waals surface area contributed by atoms with Gasteiger partial charge in [0.2, 0.25) is 5.91 Å². The van der Waals surface area contributed by atoms with Crippen LogP contribution in [0.5, 0.6) is 5.75 Å². The van der Waals surface area contributed by atoms with Gasteiger partial charge in [0, 0.05) is 20.0 Å². The molecular weight excluding hydrogens is 204 g/mol. The van der Waals surface area contributed by atoms with Gasteiger partial charge in [-0.2, -0.15) is 0 Å². The molecule has 0 fully saturated rings. The third-order valence-corrected chi connectivity index (χ3v) is 2.00. The summed E-state index contributed by atoms with van der Waals surface area (Å²) < 4.78 is 5.47. The number of para-hydroxylation sites is 2. The van der Waals surface area contributed by atoms with Gasteiger partial charge in [-0.1, -0.05) is 12.1 Å². The highest BCUT2D eigenvalue weighted by Gasteiger charge is 2.00. The minimum Gasteiger partial charge on any atom is -0.492 e. The summed E-state index contributed by atoms with van der Waals surface area (Å²) in [5.74, 6) is 0.827. The Labute approximate surface area is 96.0 Å². The average Bonchev–Trinajstić information content (AvgIpc) is 2.26. The van der Waals surface area contributed by atoms with Crippen molar-refractivity contribution in [3.05, 3.63) is 24.3 Å². The molecule has 0 heterocycles. The van der Waals surface area contributed by atoms with E-state index < -0.39 is 0 Å². The lowest BCUT2D eigenvalue weighted by Crippen LogP contribution is -2.26. The number of ether oxygens (including phenoxy) is 1. The average molecular weight is 222 g/mol. The molecule has 0 saturated heterocycles. The van der Waals surface area contributed by atoms with E-state index in [-0.39, 0.29) is 5.91 Å². The molecule has 0 aliphatic carbocycles. The monoisotopic (exact) mass is 222 g/mol. The number of anilines is 1. The highest BCUT2D eigenvalue weighted by atomic mass is 16.5. The first-order chi connectivity index (χ1) is 7.74. The summed E-state index contributed by atoms with van der Waals surface area (Å²) in [6.07, 6.45) is 0. The van der Waals surface area contributed by atoms with Gasteiger partial charge in [0.05, 0.1) is 12.3 Å². The summed E-state index contributed by atoms with van der Waals surface area (Å²) in [5, 5.41) is 5.94. The van der Waals surface area contributed by atoms with E-state index in [4.69, 9.17) is 4.74 Å². The van der Waals surface area contributed by atoms with Crippen molar-refractivity contribution in [3.8, 4) is 5.75 Å². The van der Waals surface area contributed by atoms with Crippen LogP contribution in [0.2, 0.25) is 0 Å². The number of hydrogen-bond donors (Lipinski definition) is 2. The molecule has 0 saturated carbocycles. The molecule has 0 aliphatic rings. The van der Waals surface area contributed by atoms with Crippen LogP contribution in [-0.4, -0.2) is 25.6 Å². The lowest BCUT2D eigenvalue weighted by molar-refractivity contribution is -0.118. The summed E-state index contributed by atoms with van der Waals surface area (Å²) in [5.41, 5.74) is 0.953. The number of carbonyl (C=O) groups is 1. The zero-order valence-electron chi connectivity index (χ0n) is 9.75. The third-order valence-electron chi connectivity index (χ3n) is 2.00. The lowest BCUT2D eigenvalue weighted by atomic mass is 10.3. The molecule has 0 unspecified atom stereocenters. The second-order valence-corrected chi connectivity index (χ2v) is 3.34. The van der Waals surface area contributed by atoms with Gasteiger partial charge in [0.15, 0.2) is 0 Å². The molecule has 2 N–H and O–H groups in total. The van der Waals surface area contributed by atoms with Crippen LogP contribution in [0, 0.1) is 0 Å². The Hall–Kier alpha value is -1.71. The largest absolute Gasteiger partial charge is 0.492 e. The molecule has 0 radical (unpaired) electrons. The fraction of sp³-hybridized carbons (Fsp3) is 0.417. The first-order valence-corrected chi connectivity index (χ1v) is 5.44. The highest BCUT2D eigenvalue weighted by Crippen LogP contribution is 2.22. The third kappa shape index (κ3) is 4.21. The van der Waals surface area contributed by atoms with Gasteiger partial charge in [-0.3, -0.25) is 4.79 Å². The lowest BCUT2D eigenvalue weighted by Gasteiger charge is -2.12. The molecule has 0 spiro atoms. The predicted octanol–water partition coefficient (Wildman–Crippen LogP) is 1.63. The maximum atomic E-state index is 10.7. The van der Waals surface area contributed by atoms with Crippen molar-refractivity contribution >= 4 is 11.6 Å². The summed E-state index contributed by atoms with van der Waals surface area (Å²) in [7, 11) is 0. The topological polar surface area (TPSA) is 50.4 Å². The Balaban J connectivity index is 2.43.